The van der Waals surface area contributed by atoms with Gasteiger partial charge in [-0.3, -0.25) is 4.89 Å². The Balaban J connectivity index is 4.72. The Morgan fingerprint density at radius 2 is 1.94 bits per heavy atom. The third-order valence-corrected chi connectivity index (χ3v) is 2.17. The number of carbonyl (C=O) groups is 2. The molecule has 3 N–H and O–H groups in total. The van der Waals surface area contributed by atoms with Crippen LogP contribution in [0.15, 0.2) is 12.2 Å². The fourth-order valence-electron chi connectivity index (χ4n) is 1.24. The van der Waals surface area contributed by atoms with Crippen LogP contribution in [0.5, 0.6) is 0 Å². The first-order valence-corrected chi connectivity index (χ1v) is 5.27. The van der Waals surface area contributed by atoms with Gasteiger partial charge in [0.1, 0.15) is 17.8 Å². The molecular formula is C11H18O7. The summed E-state index contributed by atoms with van der Waals surface area (Å²) in [6.07, 6.45) is -2.18. The smallest absolute Gasteiger partial charge is 0.339 e. The minimum Gasteiger partial charge on any atom is -0.387 e. The molecule has 0 radical (unpaired) electrons. The van der Waals surface area contributed by atoms with Crippen LogP contribution < -0.4 is 0 Å². The van der Waals surface area contributed by atoms with Crippen LogP contribution in [0.1, 0.15) is 20.8 Å². The normalized spacial score (nSPS) is 19.9. The molecule has 0 aliphatic carbocycles. The molecular weight excluding hydrogens is 244 g/mol. The van der Waals surface area contributed by atoms with Gasteiger partial charge in [-0.2, -0.15) is 4.89 Å². The second-order valence-electron chi connectivity index (χ2n) is 3.93. The van der Waals surface area contributed by atoms with Gasteiger partial charge in [-0.15, -0.1) is 0 Å². The Morgan fingerprint density at radius 1 is 1.39 bits per heavy atom. The molecule has 0 aliphatic heterocycles. The van der Waals surface area contributed by atoms with E-state index in [0.29, 0.717) is 0 Å². The first-order valence-electron chi connectivity index (χ1n) is 5.27. The maximum absolute atomic E-state index is 10.7. The summed E-state index contributed by atoms with van der Waals surface area (Å²) in [7, 11) is 0. The molecule has 0 fully saturated rings. The highest BCUT2D eigenvalue weighted by atomic mass is 17.2. The SMILES string of the molecule is CC=C[C@](C)(O)[C@H](O)[C@H](O)[C@H](C=O)OOC(C)=O. The predicted molar refractivity (Wildman–Crippen MR) is 60.2 cm³/mol. The monoisotopic (exact) mass is 262 g/mol. The van der Waals surface area contributed by atoms with Crippen molar-refractivity contribution in [3.63, 3.8) is 0 Å². The van der Waals surface area contributed by atoms with Crippen LogP contribution in [-0.4, -0.2) is 51.5 Å². The van der Waals surface area contributed by atoms with Crippen LogP contribution in [0.4, 0.5) is 0 Å². The Bertz CT molecular complexity index is 311. The van der Waals surface area contributed by atoms with Gasteiger partial charge in [-0.25, -0.2) is 4.79 Å². The molecule has 0 aliphatic rings. The lowest BCUT2D eigenvalue weighted by atomic mass is 9.92. The maximum atomic E-state index is 10.7. The first-order chi connectivity index (χ1) is 8.26. The average Bonchev–Trinajstić information content (AvgIpc) is 2.28. The molecule has 0 saturated heterocycles. The fourth-order valence-corrected chi connectivity index (χ4v) is 1.24. The van der Waals surface area contributed by atoms with E-state index in [9.17, 15) is 24.9 Å². The van der Waals surface area contributed by atoms with E-state index in [-0.39, 0.29) is 6.29 Å². The van der Waals surface area contributed by atoms with Gasteiger partial charge in [0.15, 0.2) is 12.4 Å². The molecule has 4 atom stereocenters. The molecule has 0 aromatic carbocycles. The third-order valence-electron chi connectivity index (χ3n) is 2.17. The molecule has 0 bridgehead atoms. The quantitative estimate of drug-likeness (QED) is 0.236. The van der Waals surface area contributed by atoms with Crippen LogP contribution in [0, 0.1) is 0 Å². The Morgan fingerprint density at radius 3 is 2.33 bits per heavy atom. The van der Waals surface area contributed by atoms with Gasteiger partial charge in [0.05, 0.1) is 0 Å². The summed E-state index contributed by atoms with van der Waals surface area (Å²) in [5.41, 5.74) is -1.75. The molecule has 18 heavy (non-hydrogen) atoms. The van der Waals surface area contributed by atoms with E-state index < -0.39 is 29.9 Å². The van der Waals surface area contributed by atoms with Crippen LogP contribution in [0.3, 0.4) is 0 Å². The molecule has 0 amide bonds. The molecule has 7 nitrogen and oxygen atoms in total. The second-order valence-corrected chi connectivity index (χ2v) is 3.93. The van der Waals surface area contributed by atoms with Gasteiger partial charge < -0.3 is 20.1 Å². The Kier molecular flexibility index (Phi) is 6.71. The lowest BCUT2D eigenvalue weighted by molar-refractivity contribution is -0.307. The number of hydrogen-bond donors (Lipinski definition) is 3. The first kappa shape index (κ1) is 16.7. The molecule has 0 unspecified atom stereocenters. The van der Waals surface area contributed by atoms with E-state index in [0.717, 1.165) is 6.92 Å². The molecule has 7 heteroatoms. The number of aldehydes is 1. The summed E-state index contributed by atoms with van der Waals surface area (Å²) in [5, 5.41) is 29.2. The van der Waals surface area contributed by atoms with Crippen LogP contribution >= 0.6 is 0 Å². The van der Waals surface area contributed by atoms with E-state index in [1.165, 1.54) is 19.1 Å². The topological polar surface area (TPSA) is 113 Å². The molecule has 0 spiro atoms. The van der Waals surface area contributed by atoms with Gasteiger partial charge in [0, 0.05) is 6.92 Å². The van der Waals surface area contributed by atoms with E-state index in [1.54, 1.807) is 6.92 Å². The van der Waals surface area contributed by atoms with Gasteiger partial charge >= 0.3 is 5.97 Å². The van der Waals surface area contributed by atoms with E-state index in [1.807, 2.05) is 0 Å². The van der Waals surface area contributed by atoms with Crippen molar-refractivity contribution in [2.24, 2.45) is 0 Å². The average molecular weight is 262 g/mol. The van der Waals surface area contributed by atoms with Crippen molar-refractivity contribution in [2.75, 3.05) is 0 Å². The highest BCUT2D eigenvalue weighted by molar-refractivity contribution is 5.65. The molecule has 0 rings (SSSR count). The Labute approximate surface area is 105 Å². The van der Waals surface area contributed by atoms with Crippen LogP contribution in [-0.2, 0) is 19.4 Å². The second kappa shape index (κ2) is 7.22. The summed E-state index contributed by atoms with van der Waals surface area (Å²) in [6.45, 7) is 3.90. The summed E-state index contributed by atoms with van der Waals surface area (Å²) in [6, 6.07) is 0. The van der Waals surface area contributed by atoms with Crippen molar-refractivity contribution < 1.29 is 34.7 Å². The molecule has 104 valence electrons. The van der Waals surface area contributed by atoms with Crippen LogP contribution in [0.2, 0.25) is 0 Å². The summed E-state index contributed by atoms with van der Waals surface area (Å²) >= 11 is 0. The van der Waals surface area contributed by atoms with Gasteiger partial charge in [0.2, 0.25) is 0 Å². The van der Waals surface area contributed by atoms with Crippen LogP contribution in [0.25, 0.3) is 0 Å². The zero-order valence-corrected chi connectivity index (χ0v) is 10.4. The van der Waals surface area contributed by atoms with Gasteiger partial charge in [0.25, 0.3) is 0 Å². The van der Waals surface area contributed by atoms with Crippen molar-refractivity contribution in [3.05, 3.63) is 12.2 Å². The summed E-state index contributed by atoms with van der Waals surface area (Å²) in [4.78, 5) is 29.6. The van der Waals surface area contributed by atoms with Crippen molar-refractivity contribution in [2.45, 2.75) is 44.7 Å². The van der Waals surface area contributed by atoms with Gasteiger partial charge in [-0.1, -0.05) is 12.2 Å². The van der Waals surface area contributed by atoms with Crippen molar-refractivity contribution >= 4 is 12.3 Å². The minimum atomic E-state index is -1.76. The standard InChI is InChI=1S/C11H18O7/c1-4-5-11(3,16)10(15)9(14)8(6-12)18-17-7(2)13/h4-6,8-10,14-16H,1-3H3/t8-,9+,10+,11-/m0/s1. The Hall–Kier alpha value is -1.28. The number of aliphatic hydroxyl groups is 3. The number of aliphatic hydroxyl groups excluding tert-OH is 2. The molecule has 0 aromatic heterocycles. The van der Waals surface area contributed by atoms with Crippen molar-refractivity contribution in [3.8, 4) is 0 Å². The van der Waals surface area contributed by atoms with E-state index in [2.05, 4.69) is 9.78 Å². The van der Waals surface area contributed by atoms with Gasteiger partial charge in [-0.05, 0) is 13.8 Å². The predicted octanol–water partition coefficient (Wildman–Crippen LogP) is -0.903. The number of allylic oxidation sites excluding steroid dienone is 1. The lowest BCUT2D eigenvalue weighted by Gasteiger charge is -2.31. The summed E-state index contributed by atoms with van der Waals surface area (Å²) in [5.74, 6) is -0.816. The van der Waals surface area contributed by atoms with E-state index >= 15 is 0 Å². The largest absolute Gasteiger partial charge is 0.387 e. The number of hydrogen-bond acceptors (Lipinski definition) is 7. The van der Waals surface area contributed by atoms with Crippen molar-refractivity contribution in [1.29, 1.82) is 0 Å². The number of carbonyl (C=O) groups excluding carboxylic acids is 2. The zero-order valence-electron chi connectivity index (χ0n) is 10.4. The minimum absolute atomic E-state index is 0.155. The fraction of sp³-hybridized carbons (Fsp3) is 0.636. The number of rotatable bonds is 7. The summed E-state index contributed by atoms with van der Waals surface area (Å²) < 4.78 is 0. The molecule has 0 saturated carbocycles. The van der Waals surface area contributed by atoms with E-state index in [4.69, 9.17) is 0 Å². The maximum Gasteiger partial charge on any atom is 0.339 e. The highest BCUT2D eigenvalue weighted by Crippen LogP contribution is 2.18. The molecule has 0 aromatic rings. The zero-order chi connectivity index (χ0) is 14.3. The lowest BCUT2D eigenvalue weighted by Crippen LogP contribution is -2.51. The third kappa shape index (κ3) is 4.92. The highest BCUT2D eigenvalue weighted by Gasteiger charge is 2.39. The van der Waals surface area contributed by atoms with Crippen molar-refractivity contribution in [1.82, 2.24) is 0 Å². The molecule has 0 heterocycles.